The lowest BCUT2D eigenvalue weighted by molar-refractivity contribution is -0.141. The molecule has 0 saturated carbocycles. The van der Waals surface area contributed by atoms with Gasteiger partial charge >= 0.3 is 5.97 Å². The molecule has 0 aliphatic heterocycles. The molecular weight excluding hydrogens is 364 g/mol. The highest BCUT2D eigenvalue weighted by Gasteiger charge is 2.33. The summed E-state index contributed by atoms with van der Waals surface area (Å²) in [4.78, 5) is 21.0. The molecule has 1 aromatic heterocycles. The van der Waals surface area contributed by atoms with Crippen molar-refractivity contribution in [3.63, 3.8) is 0 Å². The molecule has 0 amide bonds. The van der Waals surface area contributed by atoms with Crippen LogP contribution >= 0.6 is 0 Å². The second-order valence-corrected chi connectivity index (χ2v) is 6.72. The summed E-state index contributed by atoms with van der Waals surface area (Å²) in [6.07, 6.45) is 4.65. The van der Waals surface area contributed by atoms with E-state index in [1.807, 2.05) is 6.92 Å². The summed E-state index contributed by atoms with van der Waals surface area (Å²) in [6, 6.07) is 3.32. The summed E-state index contributed by atoms with van der Waals surface area (Å²) in [6.45, 7) is 6.11. The number of carbonyl (C=O) groups is 1. The average Bonchev–Trinajstić information content (AvgIpc) is 2.71. The molecule has 0 aliphatic rings. The van der Waals surface area contributed by atoms with Crippen LogP contribution in [0.15, 0.2) is 24.4 Å². The van der Waals surface area contributed by atoms with Crippen LogP contribution in [0.4, 0.5) is 20.3 Å². The number of ether oxygens (including phenoxy) is 1. The number of nitrogens with one attached hydrogen (secondary N) is 1. The molecular formula is C21H27F2N3O2. The van der Waals surface area contributed by atoms with Crippen molar-refractivity contribution in [2.45, 2.75) is 58.3 Å². The molecule has 0 unspecified atom stereocenters. The SMILES string of the molecule is CCc1ncc(Nc2ccc(F)cc2F)nc1C(CC)(CC)CCC(=O)OC. The van der Waals surface area contributed by atoms with Crippen LogP contribution in [0.25, 0.3) is 0 Å². The lowest BCUT2D eigenvalue weighted by Gasteiger charge is -2.32. The summed E-state index contributed by atoms with van der Waals surface area (Å²) in [5.41, 5.74) is 1.43. The Labute approximate surface area is 164 Å². The van der Waals surface area contributed by atoms with E-state index in [1.165, 1.54) is 19.2 Å². The fourth-order valence-electron chi connectivity index (χ4n) is 3.39. The lowest BCUT2D eigenvalue weighted by atomic mass is 9.74. The predicted molar refractivity (Wildman–Crippen MR) is 105 cm³/mol. The maximum absolute atomic E-state index is 14.0. The number of carbonyl (C=O) groups excluding carboxylic acids is 1. The third kappa shape index (κ3) is 4.82. The van der Waals surface area contributed by atoms with Gasteiger partial charge in [-0.15, -0.1) is 0 Å². The number of hydrogen-bond donors (Lipinski definition) is 1. The van der Waals surface area contributed by atoms with Crippen molar-refractivity contribution in [2.75, 3.05) is 12.4 Å². The van der Waals surface area contributed by atoms with Gasteiger partial charge in [0.15, 0.2) is 0 Å². The maximum atomic E-state index is 14.0. The van der Waals surface area contributed by atoms with E-state index in [-0.39, 0.29) is 23.5 Å². The van der Waals surface area contributed by atoms with Crippen LogP contribution in [0, 0.1) is 11.6 Å². The first-order valence-corrected chi connectivity index (χ1v) is 9.54. The van der Waals surface area contributed by atoms with Crippen molar-refractivity contribution in [2.24, 2.45) is 0 Å². The van der Waals surface area contributed by atoms with Crippen LogP contribution < -0.4 is 5.32 Å². The molecule has 1 heterocycles. The number of rotatable bonds is 9. The largest absolute Gasteiger partial charge is 0.469 e. The normalized spacial score (nSPS) is 11.4. The second kappa shape index (κ2) is 9.57. The smallest absolute Gasteiger partial charge is 0.305 e. The van der Waals surface area contributed by atoms with Gasteiger partial charge in [-0.3, -0.25) is 9.78 Å². The topological polar surface area (TPSA) is 64.1 Å². The highest BCUT2D eigenvalue weighted by Crippen LogP contribution is 2.37. The van der Waals surface area contributed by atoms with Crippen molar-refractivity contribution in [3.8, 4) is 0 Å². The third-order valence-corrected chi connectivity index (χ3v) is 5.27. The van der Waals surface area contributed by atoms with Gasteiger partial charge in [-0.1, -0.05) is 20.8 Å². The number of aromatic nitrogens is 2. The van der Waals surface area contributed by atoms with Crippen LogP contribution in [-0.2, 0) is 21.4 Å². The molecule has 1 aromatic carbocycles. The van der Waals surface area contributed by atoms with Gasteiger partial charge in [0.05, 0.1) is 30.4 Å². The standard InChI is InChI=1S/C21H27F2N3O2/c1-5-16-20(21(6-2,7-3)11-10-19(27)28-4)26-18(13-24-16)25-17-9-8-14(22)12-15(17)23/h8-9,12-13H,5-7,10-11H2,1-4H3,(H,25,26). The van der Waals surface area contributed by atoms with E-state index in [0.717, 1.165) is 30.3 Å². The Morgan fingerprint density at radius 2 is 1.93 bits per heavy atom. The quantitative estimate of drug-likeness (QED) is 0.605. The Kier molecular flexibility index (Phi) is 7.43. The van der Waals surface area contributed by atoms with Gasteiger partial charge < -0.3 is 10.1 Å². The second-order valence-electron chi connectivity index (χ2n) is 6.72. The van der Waals surface area contributed by atoms with Crippen LogP contribution in [0.1, 0.15) is 57.8 Å². The van der Waals surface area contributed by atoms with Crippen LogP contribution in [0.3, 0.4) is 0 Å². The molecule has 0 fully saturated rings. The molecule has 0 radical (unpaired) electrons. The van der Waals surface area contributed by atoms with Crippen LogP contribution in [-0.4, -0.2) is 23.0 Å². The molecule has 28 heavy (non-hydrogen) atoms. The molecule has 152 valence electrons. The molecule has 0 aliphatic carbocycles. The Hall–Kier alpha value is -2.57. The van der Waals surface area contributed by atoms with E-state index in [2.05, 4.69) is 24.1 Å². The Balaban J connectivity index is 2.42. The van der Waals surface area contributed by atoms with Gasteiger partial charge in [0.1, 0.15) is 17.5 Å². The van der Waals surface area contributed by atoms with Crippen molar-refractivity contribution >= 4 is 17.5 Å². The Morgan fingerprint density at radius 1 is 1.21 bits per heavy atom. The maximum Gasteiger partial charge on any atom is 0.305 e. The monoisotopic (exact) mass is 391 g/mol. The van der Waals surface area contributed by atoms with E-state index in [0.29, 0.717) is 18.7 Å². The first-order chi connectivity index (χ1) is 13.4. The molecule has 2 rings (SSSR count). The molecule has 5 nitrogen and oxygen atoms in total. The predicted octanol–water partition coefficient (Wildman–Crippen LogP) is 5.07. The molecule has 7 heteroatoms. The Morgan fingerprint density at radius 3 is 2.50 bits per heavy atom. The molecule has 1 N–H and O–H groups in total. The van der Waals surface area contributed by atoms with E-state index >= 15 is 0 Å². The summed E-state index contributed by atoms with van der Waals surface area (Å²) < 4.78 is 31.9. The zero-order valence-electron chi connectivity index (χ0n) is 16.8. The summed E-state index contributed by atoms with van der Waals surface area (Å²) in [5.74, 6) is -1.23. The van der Waals surface area contributed by atoms with Gasteiger partial charge in [0.25, 0.3) is 0 Å². The first-order valence-electron chi connectivity index (χ1n) is 9.54. The van der Waals surface area contributed by atoms with E-state index in [1.54, 1.807) is 6.20 Å². The summed E-state index contributed by atoms with van der Waals surface area (Å²) >= 11 is 0. The van der Waals surface area contributed by atoms with Crippen LogP contribution in [0.2, 0.25) is 0 Å². The number of hydrogen-bond acceptors (Lipinski definition) is 5. The molecule has 0 bridgehead atoms. The Bertz CT molecular complexity index is 823. The van der Waals surface area contributed by atoms with Gasteiger partial charge in [-0.25, -0.2) is 13.8 Å². The van der Waals surface area contributed by atoms with Crippen molar-refractivity contribution in [3.05, 3.63) is 47.4 Å². The number of nitrogens with zero attached hydrogens (tertiary/aromatic N) is 2. The number of anilines is 2. The fourth-order valence-corrected chi connectivity index (χ4v) is 3.39. The molecule has 0 atom stereocenters. The van der Waals surface area contributed by atoms with Crippen LogP contribution in [0.5, 0.6) is 0 Å². The van der Waals surface area contributed by atoms with Gasteiger partial charge in [-0.2, -0.15) is 0 Å². The number of benzene rings is 1. The zero-order valence-corrected chi connectivity index (χ0v) is 16.8. The summed E-state index contributed by atoms with van der Waals surface area (Å²) in [5, 5.41) is 2.88. The highest BCUT2D eigenvalue weighted by molar-refractivity contribution is 5.69. The third-order valence-electron chi connectivity index (χ3n) is 5.27. The average molecular weight is 391 g/mol. The van der Waals surface area contributed by atoms with Gasteiger partial charge in [0.2, 0.25) is 0 Å². The minimum absolute atomic E-state index is 0.124. The van der Waals surface area contributed by atoms with Gasteiger partial charge in [0, 0.05) is 17.9 Å². The molecule has 0 saturated heterocycles. The molecule has 0 spiro atoms. The number of methoxy groups -OCH3 is 1. The van der Waals surface area contributed by atoms with Crippen molar-refractivity contribution in [1.82, 2.24) is 9.97 Å². The zero-order chi connectivity index (χ0) is 20.7. The minimum Gasteiger partial charge on any atom is -0.469 e. The summed E-state index contributed by atoms with van der Waals surface area (Å²) in [7, 11) is 1.38. The fraction of sp³-hybridized carbons (Fsp3) is 0.476. The number of aryl methyl sites for hydroxylation is 1. The van der Waals surface area contributed by atoms with E-state index in [4.69, 9.17) is 9.72 Å². The van der Waals surface area contributed by atoms with E-state index in [9.17, 15) is 13.6 Å². The van der Waals surface area contributed by atoms with Crippen molar-refractivity contribution in [1.29, 1.82) is 0 Å². The van der Waals surface area contributed by atoms with Crippen molar-refractivity contribution < 1.29 is 18.3 Å². The first kappa shape index (κ1) is 21.7. The lowest BCUT2D eigenvalue weighted by Crippen LogP contribution is -2.29. The number of esters is 1. The number of halogens is 2. The van der Waals surface area contributed by atoms with E-state index < -0.39 is 11.6 Å². The molecule has 2 aromatic rings. The highest BCUT2D eigenvalue weighted by atomic mass is 19.1. The minimum atomic E-state index is -0.703. The van der Waals surface area contributed by atoms with Gasteiger partial charge in [-0.05, 0) is 37.8 Å².